The minimum Gasteiger partial charge on any atom is -0.391 e. The number of nitrogens with one attached hydrogen (secondary N) is 1. The molecule has 1 amide bonds. The number of aliphatic hydroxyl groups is 1. The van der Waals surface area contributed by atoms with E-state index in [1.807, 2.05) is 21.1 Å². The maximum absolute atomic E-state index is 12.7. The predicted octanol–water partition coefficient (Wildman–Crippen LogP) is 9.12. The summed E-state index contributed by atoms with van der Waals surface area (Å²) in [6.07, 6.45) is 36.9. The van der Waals surface area contributed by atoms with E-state index in [1.54, 1.807) is 0 Å². The molecular weight excluding hydrogens is 611 g/mol. The Bertz CT molecular complexity index is 954. The summed E-state index contributed by atoms with van der Waals surface area (Å²) in [6.45, 7) is 4.65. The number of carbonyl (C=O) groups excluding carboxylic acids is 1. The van der Waals surface area contributed by atoms with Crippen LogP contribution >= 0.6 is 7.82 Å². The van der Waals surface area contributed by atoms with Crippen molar-refractivity contribution in [3.63, 3.8) is 0 Å². The van der Waals surface area contributed by atoms with Crippen LogP contribution in [0.25, 0.3) is 0 Å². The van der Waals surface area contributed by atoms with Crippen molar-refractivity contribution in [2.45, 2.75) is 135 Å². The van der Waals surface area contributed by atoms with Gasteiger partial charge in [0.15, 0.2) is 0 Å². The van der Waals surface area contributed by atoms with Crippen molar-refractivity contribution in [1.29, 1.82) is 0 Å². The molecule has 0 heterocycles. The maximum Gasteiger partial charge on any atom is 0.472 e. The van der Waals surface area contributed by atoms with Crippen molar-refractivity contribution in [2.24, 2.45) is 0 Å². The molecule has 0 aromatic carbocycles. The zero-order valence-corrected chi connectivity index (χ0v) is 31.4. The first-order chi connectivity index (χ1) is 22.5. The van der Waals surface area contributed by atoms with E-state index in [1.165, 1.54) is 32.1 Å². The summed E-state index contributed by atoms with van der Waals surface area (Å²) in [7, 11) is 1.56. The summed E-state index contributed by atoms with van der Waals surface area (Å²) in [4.78, 5) is 22.9. The van der Waals surface area contributed by atoms with Crippen LogP contribution in [0.5, 0.6) is 0 Å². The van der Waals surface area contributed by atoms with Gasteiger partial charge >= 0.3 is 7.82 Å². The standard InChI is InChI=1S/C38H69N2O6P/c1-6-8-10-12-14-16-17-18-19-20-21-22-23-24-26-28-30-32-38(42)39-36(35-46-47(43,44)45-34-33-40(3,4)5)37(41)31-29-27-25-15-13-11-9-7-2/h8,10,14,16,18-19,21-22,24,26,36-37,41H,6-7,9,11-13,15,17,20,23,25,27-35H2,1-5H3,(H-,39,42,43,44)/p+1/b10-8-,16-14-,19-18-,22-21-,26-24-. The fourth-order valence-electron chi connectivity index (χ4n) is 4.61. The predicted molar refractivity (Wildman–Crippen MR) is 198 cm³/mol. The van der Waals surface area contributed by atoms with Gasteiger partial charge in [-0.3, -0.25) is 13.8 Å². The van der Waals surface area contributed by atoms with Crippen LogP contribution in [-0.2, 0) is 18.4 Å². The molecule has 3 atom stereocenters. The van der Waals surface area contributed by atoms with Crippen LogP contribution in [0.4, 0.5) is 0 Å². The molecule has 0 fully saturated rings. The molecule has 0 aliphatic heterocycles. The molecule has 0 spiro atoms. The highest BCUT2D eigenvalue weighted by Gasteiger charge is 2.28. The number of likely N-dealkylation sites (N-methyl/N-ethyl adjacent to an activating group) is 1. The Kier molecular flexibility index (Phi) is 29.1. The number of allylic oxidation sites excluding steroid dienone is 10. The molecule has 0 saturated heterocycles. The number of carbonyl (C=O) groups is 1. The Labute approximate surface area is 288 Å². The average molecular weight is 682 g/mol. The number of unbranched alkanes of at least 4 members (excludes halogenated alkanes) is 8. The Hall–Kier alpha value is -1.80. The van der Waals surface area contributed by atoms with E-state index in [0.717, 1.165) is 57.8 Å². The molecule has 3 N–H and O–H groups in total. The summed E-state index contributed by atoms with van der Waals surface area (Å²) < 4.78 is 23.4. The summed E-state index contributed by atoms with van der Waals surface area (Å²) in [5, 5.41) is 13.7. The van der Waals surface area contributed by atoms with Crippen molar-refractivity contribution in [2.75, 3.05) is 40.9 Å². The van der Waals surface area contributed by atoms with Gasteiger partial charge in [-0.15, -0.1) is 0 Å². The van der Waals surface area contributed by atoms with Gasteiger partial charge in [0.1, 0.15) is 13.2 Å². The Balaban J connectivity index is 4.56. The quantitative estimate of drug-likeness (QED) is 0.0292. The highest BCUT2D eigenvalue weighted by atomic mass is 31.2. The lowest BCUT2D eigenvalue weighted by Gasteiger charge is -2.26. The molecule has 47 heavy (non-hydrogen) atoms. The molecule has 272 valence electrons. The first-order valence-electron chi connectivity index (χ1n) is 18.2. The molecule has 0 radical (unpaired) electrons. The van der Waals surface area contributed by atoms with Gasteiger partial charge in [0.25, 0.3) is 0 Å². The van der Waals surface area contributed by atoms with Crippen LogP contribution in [0.1, 0.15) is 123 Å². The lowest BCUT2D eigenvalue weighted by atomic mass is 10.0. The number of amides is 1. The number of aliphatic hydroxyl groups excluding tert-OH is 1. The number of phosphoric ester groups is 1. The second-order valence-electron chi connectivity index (χ2n) is 13.2. The van der Waals surface area contributed by atoms with Crippen molar-refractivity contribution >= 4 is 13.7 Å². The number of rotatable bonds is 31. The Morgan fingerprint density at radius 3 is 1.79 bits per heavy atom. The molecule has 0 rings (SSSR count). The van der Waals surface area contributed by atoms with Crippen molar-refractivity contribution in [3.8, 4) is 0 Å². The highest BCUT2D eigenvalue weighted by Crippen LogP contribution is 2.43. The van der Waals surface area contributed by atoms with Gasteiger partial charge in [-0.1, -0.05) is 126 Å². The van der Waals surface area contributed by atoms with E-state index in [0.29, 0.717) is 30.3 Å². The normalized spacial score (nSPS) is 15.5. The third-order valence-corrected chi connectivity index (χ3v) is 8.51. The summed E-state index contributed by atoms with van der Waals surface area (Å²) in [6, 6.07) is -0.789. The Morgan fingerprint density at radius 1 is 0.745 bits per heavy atom. The minimum absolute atomic E-state index is 0.0604. The van der Waals surface area contributed by atoms with E-state index in [9.17, 15) is 19.4 Å². The number of hydrogen-bond acceptors (Lipinski definition) is 5. The first-order valence-corrected chi connectivity index (χ1v) is 19.6. The van der Waals surface area contributed by atoms with E-state index in [2.05, 4.69) is 79.9 Å². The lowest BCUT2D eigenvalue weighted by Crippen LogP contribution is -2.46. The smallest absolute Gasteiger partial charge is 0.391 e. The lowest BCUT2D eigenvalue weighted by molar-refractivity contribution is -0.870. The SMILES string of the molecule is CC/C=C\C/C=C\C/C=C\C/C=C\C/C=C\CCCC(=O)NC(COP(=O)(O)OCC[N+](C)(C)C)C(O)CCCCCCCCCC. The van der Waals surface area contributed by atoms with Crippen LogP contribution in [0.2, 0.25) is 0 Å². The van der Waals surface area contributed by atoms with Gasteiger partial charge in [0, 0.05) is 6.42 Å². The molecule has 9 heteroatoms. The fraction of sp³-hybridized carbons (Fsp3) is 0.711. The molecule has 0 aromatic heterocycles. The molecular formula is C38H70N2O6P+. The fourth-order valence-corrected chi connectivity index (χ4v) is 5.34. The molecule has 0 aromatic rings. The third-order valence-electron chi connectivity index (χ3n) is 7.53. The van der Waals surface area contributed by atoms with Gasteiger partial charge in [-0.25, -0.2) is 4.57 Å². The van der Waals surface area contributed by atoms with Gasteiger partial charge < -0.3 is 19.8 Å². The number of phosphoric acid groups is 1. The minimum atomic E-state index is -4.32. The van der Waals surface area contributed by atoms with E-state index in [-0.39, 0.29) is 19.1 Å². The Morgan fingerprint density at radius 2 is 1.26 bits per heavy atom. The highest BCUT2D eigenvalue weighted by molar-refractivity contribution is 7.47. The topological polar surface area (TPSA) is 105 Å². The van der Waals surface area contributed by atoms with E-state index >= 15 is 0 Å². The first kappa shape index (κ1) is 45.2. The second kappa shape index (κ2) is 30.3. The maximum atomic E-state index is 12.7. The monoisotopic (exact) mass is 681 g/mol. The van der Waals surface area contributed by atoms with E-state index in [4.69, 9.17) is 9.05 Å². The summed E-state index contributed by atoms with van der Waals surface area (Å²) in [5.41, 5.74) is 0. The zero-order valence-electron chi connectivity index (χ0n) is 30.5. The van der Waals surface area contributed by atoms with Crippen LogP contribution in [0, 0.1) is 0 Å². The zero-order chi connectivity index (χ0) is 35.1. The molecule has 0 aliphatic carbocycles. The molecule has 0 bridgehead atoms. The summed E-state index contributed by atoms with van der Waals surface area (Å²) >= 11 is 0. The molecule has 0 aliphatic rings. The van der Waals surface area contributed by atoms with Crippen molar-refractivity contribution < 1.29 is 32.9 Å². The summed E-state index contributed by atoms with van der Waals surface area (Å²) in [5.74, 6) is -0.209. The third kappa shape index (κ3) is 32.5. The van der Waals surface area contributed by atoms with Crippen molar-refractivity contribution in [3.05, 3.63) is 60.8 Å². The van der Waals surface area contributed by atoms with Crippen LogP contribution in [0.15, 0.2) is 60.8 Å². The largest absolute Gasteiger partial charge is 0.472 e. The number of hydrogen-bond donors (Lipinski definition) is 3. The van der Waals surface area contributed by atoms with E-state index < -0.39 is 20.0 Å². The molecule has 3 unspecified atom stereocenters. The van der Waals surface area contributed by atoms with Gasteiger partial charge in [-0.2, -0.15) is 0 Å². The van der Waals surface area contributed by atoms with Crippen LogP contribution < -0.4 is 5.32 Å². The van der Waals surface area contributed by atoms with Crippen molar-refractivity contribution in [1.82, 2.24) is 5.32 Å². The molecule has 8 nitrogen and oxygen atoms in total. The number of nitrogens with zero attached hydrogens (tertiary/aromatic N) is 1. The van der Waals surface area contributed by atoms with Crippen LogP contribution in [0.3, 0.4) is 0 Å². The number of quaternary nitrogens is 1. The van der Waals surface area contributed by atoms with Gasteiger partial charge in [0.05, 0.1) is 39.9 Å². The van der Waals surface area contributed by atoms with Gasteiger partial charge in [0.2, 0.25) is 5.91 Å². The van der Waals surface area contributed by atoms with Gasteiger partial charge in [-0.05, 0) is 51.4 Å². The second-order valence-corrected chi connectivity index (χ2v) is 14.7. The van der Waals surface area contributed by atoms with Crippen LogP contribution in [-0.4, -0.2) is 73.4 Å². The average Bonchev–Trinajstić information content (AvgIpc) is 3.01. The molecule has 0 saturated carbocycles.